The number of nitrogens with zero attached hydrogens (tertiary/aromatic N) is 1. The van der Waals surface area contributed by atoms with Crippen molar-refractivity contribution in [1.29, 1.82) is 0 Å². The highest BCUT2D eigenvalue weighted by Crippen LogP contribution is 2.31. The van der Waals surface area contributed by atoms with Gasteiger partial charge < -0.3 is 14.6 Å². The van der Waals surface area contributed by atoms with E-state index in [1.165, 1.54) is 48.5 Å². The number of aliphatic hydroxyl groups is 1. The summed E-state index contributed by atoms with van der Waals surface area (Å²) in [6.45, 7) is 2.43. The van der Waals surface area contributed by atoms with Crippen molar-refractivity contribution < 1.29 is 41.0 Å². The smallest absolute Gasteiger partial charge is 0.338 e. The van der Waals surface area contributed by atoms with Gasteiger partial charge in [-0.05, 0) is 62.4 Å². The van der Waals surface area contributed by atoms with Crippen LogP contribution in [0.4, 0.5) is 0 Å². The molecule has 0 amide bonds. The lowest BCUT2D eigenvalue weighted by Crippen LogP contribution is -2.66. The molecule has 4 aromatic rings. The van der Waals surface area contributed by atoms with Gasteiger partial charge in [0.15, 0.2) is 0 Å². The van der Waals surface area contributed by atoms with Gasteiger partial charge in [-0.25, -0.2) is 31.1 Å². The lowest BCUT2D eigenvalue weighted by atomic mass is 9.95. The first-order valence-corrected chi connectivity index (χ1v) is 17.6. The molecule has 0 spiro atoms. The fraction of sp³-hybridized carbons (Fsp3) is 0.235. The quantitative estimate of drug-likeness (QED) is 0.240. The molecule has 11 nitrogen and oxygen atoms in total. The lowest BCUT2D eigenvalue weighted by Gasteiger charge is -2.45. The molecular weight excluding hydrogens is 645 g/mol. The van der Waals surface area contributed by atoms with Crippen molar-refractivity contribution in [3.8, 4) is 0 Å². The van der Waals surface area contributed by atoms with E-state index < -0.39 is 69.4 Å². The largest absolute Gasteiger partial charge is 0.454 e. The molecule has 1 saturated heterocycles. The maximum absolute atomic E-state index is 14.2. The third-order valence-corrected chi connectivity index (χ3v) is 11.1. The zero-order chi connectivity index (χ0) is 33.8. The van der Waals surface area contributed by atoms with Gasteiger partial charge in [-0.15, -0.1) is 0 Å². The van der Waals surface area contributed by atoms with Gasteiger partial charge in [-0.3, -0.25) is 0 Å². The number of benzene rings is 4. The molecule has 47 heavy (non-hydrogen) atoms. The van der Waals surface area contributed by atoms with Gasteiger partial charge in [0.2, 0.25) is 20.0 Å². The van der Waals surface area contributed by atoms with Crippen LogP contribution in [0.2, 0.25) is 0 Å². The van der Waals surface area contributed by atoms with Crippen LogP contribution < -0.4 is 4.72 Å². The van der Waals surface area contributed by atoms with Crippen molar-refractivity contribution >= 4 is 32.0 Å². The van der Waals surface area contributed by atoms with E-state index in [1.807, 2.05) is 0 Å². The molecular formula is C34H34N2O9S2. The second kappa shape index (κ2) is 14.2. The van der Waals surface area contributed by atoms with Gasteiger partial charge in [-0.2, -0.15) is 4.31 Å². The minimum absolute atomic E-state index is 0.0695. The molecule has 0 radical (unpaired) electrons. The monoisotopic (exact) mass is 678 g/mol. The molecule has 0 unspecified atom stereocenters. The summed E-state index contributed by atoms with van der Waals surface area (Å²) in [5, 5.41) is 11.6. The number of aryl methyl sites for hydroxylation is 2. The molecule has 0 aromatic heterocycles. The molecule has 13 heteroatoms. The Morgan fingerprint density at radius 1 is 0.723 bits per heavy atom. The first-order chi connectivity index (χ1) is 22.4. The molecule has 5 rings (SSSR count). The van der Waals surface area contributed by atoms with Gasteiger partial charge in [0.25, 0.3) is 0 Å². The van der Waals surface area contributed by atoms with Crippen molar-refractivity contribution in [2.45, 2.75) is 48.0 Å². The summed E-state index contributed by atoms with van der Waals surface area (Å²) < 4.78 is 69.9. The Kier molecular flexibility index (Phi) is 10.2. The van der Waals surface area contributed by atoms with Crippen molar-refractivity contribution in [3.05, 3.63) is 131 Å². The van der Waals surface area contributed by atoms with Crippen molar-refractivity contribution in [2.24, 2.45) is 0 Å². The van der Waals surface area contributed by atoms with Gasteiger partial charge in [0.05, 0.1) is 33.5 Å². The SMILES string of the molecule is Cc1ccc(S(=O)(=O)NC[C@H]2[C@@H](OC(=O)c3ccccc3)[C@H](O)[C@H](OC(=O)c3ccccc3)CN2S(=O)(=O)c2ccc(C)cc2)cc1. The lowest BCUT2D eigenvalue weighted by molar-refractivity contribution is -0.125. The molecule has 0 bridgehead atoms. The van der Waals surface area contributed by atoms with Crippen LogP contribution in [0, 0.1) is 13.8 Å². The van der Waals surface area contributed by atoms with Crippen LogP contribution in [-0.2, 0) is 29.5 Å². The number of sulfonamides is 2. The predicted octanol–water partition coefficient (Wildman–Crippen LogP) is 3.47. The third kappa shape index (κ3) is 7.77. The molecule has 1 aliphatic rings. The molecule has 4 atom stereocenters. The van der Waals surface area contributed by atoms with Crippen LogP contribution in [0.3, 0.4) is 0 Å². The number of esters is 2. The summed E-state index contributed by atoms with van der Waals surface area (Å²) in [7, 11) is -8.64. The first-order valence-electron chi connectivity index (χ1n) is 14.7. The maximum atomic E-state index is 14.2. The standard InChI is InChI=1S/C34H34N2O9S2/c1-23-13-17-27(18-14-23)46(40,41)35-21-29-32(45-34(39)26-11-7-4-8-12-26)31(37)30(44-33(38)25-9-5-3-6-10-25)22-36(29)47(42,43)28-19-15-24(2)16-20-28/h3-20,29-32,35,37H,21-22H2,1-2H3/t29-,30+,31+,32+/m0/s1. The highest BCUT2D eigenvalue weighted by molar-refractivity contribution is 7.89. The molecule has 1 fully saturated rings. The summed E-state index contributed by atoms with van der Waals surface area (Å²) in [5.41, 5.74) is 1.89. The van der Waals surface area contributed by atoms with Gasteiger partial charge >= 0.3 is 11.9 Å². The van der Waals surface area contributed by atoms with E-state index in [-0.39, 0.29) is 20.9 Å². The number of hydrogen-bond donors (Lipinski definition) is 2. The van der Waals surface area contributed by atoms with Gasteiger partial charge in [-0.1, -0.05) is 71.8 Å². The highest BCUT2D eigenvalue weighted by Gasteiger charge is 2.51. The Morgan fingerprint density at radius 2 is 1.19 bits per heavy atom. The van der Waals surface area contributed by atoms with Crippen molar-refractivity contribution in [2.75, 3.05) is 13.1 Å². The Labute approximate surface area is 273 Å². The number of carbonyl (C=O) groups is 2. The number of rotatable bonds is 10. The van der Waals surface area contributed by atoms with Gasteiger partial charge in [0, 0.05) is 6.54 Å². The van der Waals surface area contributed by atoms with Crippen LogP contribution in [0.5, 0.6) is 0 Å². The molecule has 0 saturated carbocycles. The fourth-order valence-corrected chi connectivity index (χ4v) is 7.86. The van der Waals surface area contributed by atoms with Crippen molar-refractivity contribution in [3.63, 3.8) is 0 Å². The van der Waals surface area contributed by atoms with Crippen LogP contribution in [0.15, 0.2) is 119 Å². The van der Waals surface area contributed by atoms with E-state index in [1.54, 1.807) is 74.5 Å². The molecule has 1 aliphatic heterocycles. The van der Waals surface area contributed by atoms with Crippen LogP contribution in [0.25, 0.3) is 0 Å². The molecule has 0 aliphatic carbocycles. The first kappa shape index (κ1) is 33.9. The van der Waals surface area contributed by atoms with E-state index in [2.05, 4.69) is 4.72 Å². The maximum Gasteiger partial charge on any atom is 0.338 e. The number of nitrogens with one attached hydrogen (secondary N) is 1. The van der Waals surface area contributed by atoms with E-state index in [9.17, 15) is 31.5 Å². The molecule has 1 heterocycles. The topological polar surface area (TPSA) is 156 Å². The minimum atomic E-state index is -4.45. The predicted molar refractivity (Wildman–Crippen MR) is 173 cm³/mol. The Hall–Kier alpha value is -4.40. The summed E-state index contributed by atoms with van der Waals surface area (Å²) >= 11 is 0. The minimum Gasteiger partial charge on any atom is -0.454 e. The molecule has 246 valence electrons. The average molecular weight is 679 g/mol. The van der Waals surface area contributed by atoms with E-state index in [4.69, 9.17) is 9.47 Å². The normalized spacial score (nSPS) is 20.3. The second-order valence-electron chi connectivity index (χ2n) is 11.2. The van der Waals surface area contributed by atoms with Crippen molar-refractivity contribution in [1.82, 2.24) is 9.03 Å². The fourth-order valence-electron chi connectivity index (χ4n) is 5.16. The highest BCUT2D eigenvalue weighted by atomic mass is 32.2. The summed E-state index contributed by atoms with van der Waals surface area (Å²) in [6.07, 6.45) is -4.92. The van der Waals surface area contributed by atoms with Gasteiger partial charge in [0.1, 0.15) is 18.3 Å². The zero-order valence-corrected chi connectivity index (χ0v) is 27.2. The number of carbonyl (C=O) groups excluding carboxylic acids is 2. The van der Waals surface area contributed by atoms with E-state index in [0.29, 0.717) is 0 Å². The van der Waals surface area contributed by atoms with Crippen LogP contribution in [-0.4, -0.2) is 75.6 Å². The van der Waals surface area contributed by atoms with E-state index in [0.717, 1.165) is 15.4 Å². The number of piperidine rings is 1. The van der Waals surface area contributed by atoms with E-state index >= 15 is 0 Å². The summed E-state index contributed by atoms with van der Waals surface area (Å²) in [6, 6.07) is 26.3. The Balaban J connectivity index is 1.56. The molecule has 2 N–H and O–H groups in total. The number of hydrogen-bond acceptors (Lipinski definition) is 9. The summed E-state index contributed by atoms with van der Waals surface area (Å²) in [4.78, 5) is 26.2. The Bertz CT molecular complexity index is 1920. The second-order valence-corrected chi connectivity index (χ2v) is 14.8. The average Bonchev–Trinajstić information content (AvgIpc) is 3.07. The summed E-state index contributed by atoms with van der Waals surface area (Å²) in [5.74, 6) is -1.74. The van der Waals surface area contributed by atoms with Crippen LogP contribution >= 0.6 is 0 Å². The Morgan fingerprint density at radius 3 is 1.70 bits per heavy atom. The van der Waals surface area contributed by atoms with Crippen LogP contribution in [0.1, 0.15) is 31.8 Å². The number of aliphatic hydroxyl groups excluding tert-OH is 1. The zero-order valence-electron chi connectivity index (χ0n) is 25.6. The third-order valence-electron chi connectivity index (χ3n) is 7.79. The number of ether oxygens (including phenoxy) is 2. The molecule has 4 aromatic carbocycles.